The maximum atomic E-state index is 12.3. The Labute approximate surface area is 109 Å². The SMILES string of the molecule is CC(C)CC(C)N(C)C(=O)N1CCCC1C(=O)O. The molecule has 1 aliphatic heterocycles. The van der Waals surface area contributed by atoms with Gasteiger partial charge in [-0.2, -0.15) is 0 Å². The van der Waals surface area contributed by atoms with Gasteiger partial charge in [0.05, 0.1) is 0 Å². The van der Waals surface area contributed by atoms with Crippen LogP contribution in [0.4, 0.5) is 4.79 Å². The van der Waals surface area contributed by atoms with Crippen LogP contribution in [-0.4, -0.2) is 52.6 Å². The molecule has 0 saturated carbocycles. The zero-order chi connectivity index (χ0) is 13.9. The van der Waals surface area contributed by atoms with Gasteiger partial charge in [-0.05, 0) is 32.1 Å². The fourth-order valence-electron chi connectivity index (χ4n) is 2.48. The van der Waals surface area contributed by atoms with Gasteiger partial charge in [0.2, 0.25) is 0 Å². The minimum atomic E-state index is -0.897. The number of carbonyl (C=O) groups is 2. The summed E-state index contributed by atoms with van der Waals surface area (Å²) in [5.74, 6) is -0.380. The molecule has 0 aliphatic carbocycles. The number of rotatable bonds is 4. The van der Waals surface area contributed by atoms with Gasteiger partial charge in [0.1, 0.15) is 6.04 Å². The summed E-state index contributed by atoms with van der Waals surface area (Å²) in [6.45, 7) is 6.79. The molecule has 1 aliphatic rings. The predicted octanol–water partition coefficient (Wildman–Crippen LogP) is 2.02. The Hall–Kier alpha value is -1.26. The first-order valence-electron chi connectivity index (χ1n) is 6.60. The molecule has 0 aromatic rings. The molecule has 2 atom stereocenters. The van der Waals surface area contributed by atoms with Crippen LogP contribution in [0, 0.1) is 5.92 Å². The second-order valence-electron chi connectivity index (χ2n) is 5.56. The maximum Gasteiger partial charge on any atom is 0.326 e. The number of carboxylic acids is 1. The highest BCUT2D eigenvalue weighted by molar-refractivity contribution is 5.83. The molecule has 1 saturated heterocycles. The van der Waals surface area contributed by atoms with E-state index in [-0.39, 0.29) is 12.1 Å². The van der Waals surface area contributed by atoms with Crippen molar-refractivity contribution in [1.82, 2.24) is 9.80 Å². The first-order valence-corrected chi connectivity index (χ1v) is 6.60. The molecule has 2 amide bonds. The summed E-state index contributed by atoms with van der Waals surface area (Å²) < 4.78 is 0. The van der Waals surface area contributed by atoms with Crippen LogP contribution in [0.3, 0.4) is 0 Å². The second-order valence-corrected chi connectivity index (χ2v) is 5.56. The summed E-state index contributed by atoms with van der Waals surface area (Å²) in [6.07, 6.45) is 2.26. The van der Waals surface area contributed by atoms with Crippen molar-refractivity contribution in [2.75, 3.05) is 13.6 Å². The minimum Gasteiger partial charge on any atom is -0.480 e. The van der Waals surface area contributed by atoms with E-state index in [1.54, 1.807) is 11.9 Å². The van der Waals surface area contributed by atoms with Gasteiger partial charge in [0.25, 0.3) is 0 Å². The molecule has 2 unspecified atom stereocenters. The molecule has 0 radical (unpaired) electrons. The number of hydrogen-bond acceptors (Lipinski definition) is 2. The summed E-state index contributed by atoms with van der Waals surface area (Å²) in [5, 5.41) is 9.09. The van der Waals surface area contributed by atoms with Gasteiger partial charge < -0.3 is 14.9 Å². The highest BCUT2D eigenvalue weighted by Gasteiger charge is 2.36. The normalized spacial score (nSPS) is 21.2. The Bertz CT molecular complexity index is 317. The lowest BCUT2D eigenvalue weighted by Gasteiger charge is -2.32. The van der Waals surface area contributed by atoms with Crippen molar-refractivity contribution < 1.29 is 14.7 Å². The van der Waals surface area contributed by atoms with Gasteiger partial charge in [-0.3, -0.25) is 0 Å². The molecule has 5 heteroatoms. The predicted molar refractivity (Wildman–Crippen MR) is 69.4 cm³/mol. The van der Waals surface area contributed by atoms with E-state index in [2.05, 4.69) is 13.8 Å². The van der Waals surface area contributed by atoms with E-state index in [1.807, 2.05) is 6.92 Å². The number of amides is 2. The average molecular weight is 256 g/mol. The van der Waals surface area contributed by atoms with Crippen LogP contribution in [-0.2, 0) is 4.79 Å². The van der Waals surface area contributed by atoms with Crippen molar-refractivity contribution >= 4 is 12.0 Å². The molecule has 1 N–H and O–H groups in total. The van der Waals surface area contributed by atoms with Crippen LogP contribution in [0.25, 0.3) is 0 Å². The monoisotopic (exact) mass is 256 g/mol. The highest BCUT2D eigenvalue weighted by Crippen LogP contribution is 2.20. The van der Waals surface area contributed by atoms with E-state index in [1.165, 1.54) is 4.90 Å². The molecule has 0 aromatic heterocycles. The van der Waals surface area contributed by atoms with E-state index in [4.69, 9.17) is 5.11 Å². The fraction of sp³-hybridized carbons (Fsp3) is 0.846. The summed E-state index contributed by atoms with van der Waals surface area (Å²) in [5.41, 5.74) is 0. The van der Waals surface area contributed by atoms with Crippen molar-refractivity contribution in [3.8, 4) is 0 Å². The molecule has 104 valence electrons. The summed E-state index contributed by atoms with van der Waals surface area (Å²) in [4.78, 5) is 26.5. The van der Waals surface area contributed by atoms with Gasteiger partial charge in [0, 0.05) is 19.6 Å². The average Bonchev–Trinajstić information content (AvgIpc) is 2.74. The third-order valence-electron chi connectivity index (χ3n) is 3.56. The van der Waals surface area contributed by atoms with E-state index >= 15 is 0 Å². The van der Waals surface area contributed by atoms with E-state index in [0.29, 0.717) is 18.9 Å². The van der Waals surface area contributed by atoms with Crippen molar-refractivity contribution in [3.63, 3.8) is 0 Å². The van der Waals surface area contributed by atoms with Gasteiger partial charge in [-0.25, -0.2) is 9.59 Å². The minimum absolute atomic E-state index is 0.132. The lowest BCUT2D eigenvalue weighted by atomic mass is 10.0. The number of carbonyl (C=O) groups excluding carboxylic acids is 1. The molecular weight excluding hydrogens is 232 g/mol. The van der Waals surface area contributed by atoms with Crippen molar-refractivity contribution in [3.05, 3.63) is 0 Å². The van der Waals surface area contributed by atoms with Crippen molar-refractivity contribution in [1.29, 1.82) is 0 Å². The van der Waals surface area contributed by atoms with Gasteiger partial charge in [0.15, 0.2) is 0 Å². The Balaban J connectivity index is 2.65. The molecule has 0 aromatic carbocycles. The third kappa shape index (κ3) is 3.37. The number of hydrogen-bond donors (Lipinski definition) is 1. The number of urea groups is 1. The zero-order valence-electron chi connectivity index (χ0n) is 11.7. The van der Waals surface area contributed by atoms with Gasteiger partial charge >= 0.3 is 12.0 Å². The molecule has 1 rings (SSSR count). The van der Waals surface area contributed by atoms with Crippen LogP contribution in [0.2, 0.25) is 0 Å². The second kappa shape index (κ2) is 6.07. The standard InChI is InChI=1S/C13H24N2O3/c1-9(2)8-10(3)14(4)13(18)15-7-5-6-11(15)12(16)17/h9-11H,5-8H2,1-4H3,(H,16,17). The summed E-state index contributed by atoms with van der Waals surface area (Å²) in [7, 11) is 1.76. The van der Waals surface area contributed by atoms with E-state index in [0.717, 1.165) is 12.8 Å². The molecule has 1 heterocycles. The Kier molecular flexibility index (Phi) is 4.99. The first-order chi connectivity index (χ1) is 8.34. The Morgan fingerprint density at radius 3 is 2.50 bits per heavy atom. The van der Waals surface area contributed by atoms with Crippen LogP contribution in [0.15, 0.2) is 0 Å². The van der Waals surface area contributed by atoms with Crippen LogP contribution < -0.4 is 0 Å². The fourth-order valence-corrected chi connectivity index (χ4v) is 2.48. The lowest BCUT2D eigenvalue weighted by Crippen LogP contribution is -2.49. The summed E-state index contributed by atoms with van der Waals surface area (Å²) in [6, 6.07) is -0.674. The molecule has 18 heavy (non-hydrogen) atoms. The highest BCUT2D eigenvalue weighted by atomic mass is 16.4. The molecule has 1 fully saturated rings. The summed E-state index contributed by atoms with van der Waals surface area (Å²) >= 11 is 0. The maximum absolute atomic E-state index is 12.3. The van der Waals surface area contributed by atoms with Crippen LogP contribution in [0.1, 0.15) is 40.0 Å². The number of likely N-dealkylation sites (tertiary alicyclic amines) is 1. The van der Waals surface area contributed by atoms with E-state index in [9.17, 15) is 9.59 Å². The third-order valence-corrected chi connectivity index (χ3v) is 3.56. The number of nitrogens with zero attached hydrogens (tertiary/aromatic N) is 2. The van der Waals surface area contributed by atoms with E-state index < -0.39 is 12.0 Å². The largest absolute Gasteiger partial charge is 0.480 e. The zero-order valence-corrected chi connectivity index (χ0v) is 11.7. The number of carboxylic acid groups (broad SMARTS) is 1. The Morgan fingerprint density at radius 1 is 1.39 bits per heavy atom. The quantitative estimate of drug-likeness (QED) is 0.837. The van der Waals surface area contributed by atoms with Crippen molar-refractivity contribution in [2.24, 2.45) is 5.92 Å². The van der Waals surface area contributed by atoms with Crippen molar-refractivity contribution in [2.45, 2.75) is 52.1 Å². The molecular formula is C13H24N2O3. The topological polar surface area (TPSA) is 60.9 Å². The first kappa shape index (κ1) is 14.8. The number of aliphatic carboxylic acids is 1. The lowest BCUT2D eigenvalue weighted by molar-refractivity contribution is -0.141. The molecule has 0 spiro atoms. The molecule has 5 nitrogen and oxygen atoms in total. The van der Waals surface area contributed by atoms with Crippen LogP contribution in [0.5, 0.6) is 0 Å². The molecule has 0 bridgehead atoms. The van der Waals surface area contributed by atoms with Gasteiger partial charge in [-0.15, -0.1) is 0 Å². The van der Waals surface area contributed by atoms with Gasteiger partial charge in [-0.1, -0.05) is 13.8 Å². The Morgan fingerprint density at radius 2 is 2.00 bits per heavy atom. The smallest absolute Gasteiger partial charge is 0.326 e. The van der Waals surface area contributed by atoms with Crippen LogP contribution >= 0.6 is 0 Å².